The van der Waals surface area contributed by atoms with Crippen LogP contribution in [0.3, 0.4) is 0 Å². The fourth-order valence-electron chi connectivity index (χ4n) is 5.72. The summed E-state index contributed by atoms with van der Waals surface area (Å²) in [6.45, 7) is 4.64. The molecule has 1 aromatic carbocycles. The van der Waals surface area contributed by atoms with Crippen LogP contribution in [0, 0.1) is 5.92 Å². The molecular weight excluding hydrogens is 601 g/mol. The Balaban J connectivity index is 1.13. The van der Waals surface area contributed by atoms with Gasteiger partial charge in [-0.15, -0.1) is 5.10 Å². The highest BCUT2D eigenvalue weighted by Gasteiger charge is 2.39. The molecule has 1 aliphatic heterocycles. The number of anilines is 2. The molecule has 234 valence electrons. The van der Waals surface area contributed by atoms with Crippen molar-refractivity contribution in [1.29, 1.82) is 0 Å². The van der Waals surface area contributed by atoms with E-state index in [2.05, 4.69) is 41.2 Å². The summed E-state index contributed by atoms with van der Waals surface area (Å²) in [5.41, 5.74) is 0.165. The van der Waals surface area contributed by atoms with Crippen molar-refractivity contribution < 1.29 is 22.6 Å². The standard InChI is InChI=1S/C28H32ClF3N10O2/c1-17(14-41-16-36-39-40-41)44-24-10-19(4-7-22(24)29)20-11-34-27(35-12-20)37-23-15-42(38-26(23)28(30,31)32)21-5-2-18(3-6-21)25-13-33-8-9-43-25/h4,7,10-12,15-18,21,25,33H,2-3,5-6,8-9,13-14H2,1H3,(H,34,35,37). The summed E-state index contributed by atoms with van der Waals surface area (Å²) in [5.74, 6) is 0.862. The molecule has 1 saturated carbocycles. The average molecular weight is 633 g/mol. The number of halogens is 4. The van der Waals surface area contributed by atoms with Gasteiger partial charge in [-0.05, 0) is 66.6 Å². The van der Waals surface area contributed by atoms with Gasteiger partial charge in [0.15, 0.2) is 5.69 Å². The summed E-state index contributed by atoms with van der Waals surface area (Å²) < 4.78 is 56.8. The molecule has 12 nitrogen and oxygen atoms in total. The van der Waals surface area contributed by atoms with Crippen LogP contribution in [0.5, 0.6) is 5.75 Å². The fourth-order valence-corrected chi connectivity index (χ4v) is 5.88. The number of benzene rings is 1. The van der Waals surface area contributed by atoms with E-state index in [1.807, 2.05) is 6.92 Å². The van der Waals surface area contributed by atoms with E-state index in [1.54, 1.807) is 22.9 Å². The van der Waals surface area contributed by atoms with Gasteiger partial charge in [-0.1, -0.05) is 17.7 Å². The molecule has 3 aromatic heterocycles. The summed E-state index contributed by atoms with van der Waals surface area (Å²) in [5, 5.41) is 21.5. The van der Waals surface area contributed by atoms with Crippen LogP contribution in [0.4, 0.5) is 24.8 Å². The zero-order chi connectivity index (χ0) is 30.7. The second-order valence-electron chi connectivity index (χ2n) is 11.1. The first kappa shape index (κ1) is 30.2. The lowest BCUT2D eigenvalue weighted by atomic mass is 9.82. The highest BCUT2D eigenvalue weighted by molar-refractivity contribution is 6.32. The molecule has 2 aliphatic rings. The zero-order valence-corrected chi connectivity index (χ0v) is 24.7. The van der Waals surface area contributed by atoms with Crippen molar-refractivity contribution in [2.24, 2.45) is 5.92 Å². The highest BCUT2D eigenvalue weighted by atomic mass is 35.5. The van der Waals surface area contributed by atoms with Gasteiger partial charge in [0.1, 0.15) is 18.2 Å². The van der Waals surface area contributed by atoms with E-state index in [1.165, 1.54) is 29.6 Å². The molecule has 2 fully saturated rings. The van der Waals surface area contributed by atoms with Gasteiger partial charge in [-0.3, -0.25) is 4.68 Å². The van der Waals surface area contributed by atoms with Crippen molar-refractivity contribution in [3.8, 4) is 16.9 Å². The lowest BCUT2D eigenvalue weighted by Crippen LogP contribution is -2.43. The van der Waals surface area contributed by atoms with Crippen LogP contribution in [-0.4, -0.2) is 71.9 Å². The topological polar surface area (TPSA) is 130 Å². The number of morpholine rings is 1. The summed E-state index contributed by atoms with van der Waals surface area (Å²) in [4.78, 5) is 8.55. The number of alkyl halides is 3. The van der Waals surface area contributed by atoms with Gasteiger partial charge < -0.3 is 20.1 Å². The summed E-state index contributed by atoms with van der Waals surface area (Å²) in [6, 6.07) is 5.10. The van der Waals surface area contributed by atoms with E-state index < -0.39 is 11.9 Å². The van der Waals surface area contributed by atoms with Gasteiger partial charge in [-0.25, -0.2) is 14.6 Å². The maximum Gasteiger partial charge on any atom is 0.437 e. The van der Waals surface area contributed by atoms with Crippen molar-refractivity contribution >= 4 is 23.2 Å². The number of aromatic nitrogens is 8. The van der Waals surface area contributed by atoms with Gasteiger partial charge in [0.05, 0.1) is 36.0 Å². The van der Waals surface area contributed by atoms with Gasteiger partial charge in [0.2, 0.25) is 5.95 Å². The quantitative estimate of drug-likeness (QED) is 0.262. The SMILES string of the molecule is CC(Cn1cnnn1)Oc1cc(-c2cnc(Nc3cn(C4CCC(C5CNCCO5)CC4)nc3C(F)(F)F)nc2)ccc1Cl. The third kappa shape index (κ3) is 7.11. The molecule has 0 spiro atoms. The molecular formula is C28H32ClF3N10O2. The number of tetrazole rings is 1. The third-order valence-electron chi connectivity index (χ3n) is 7.92. The first-order valence-electron chi connectivity index (χ1n) is 14.5. The molecule has 0 radical (unpaired) electrons. The minimum absolute atomic E-state index is 0.0185. The van der Waals surface area contributed by atoms with Crippen LogP contribution in [0.2, 0.25) is 5.02 Å². The Hall–Kier alpha value is -3.82. The predicted molar refractivity (Wildman–Crippen MR) is 155 cm³/mol. The van der Waals surface area contributed by atoms with Crippen molar-refractivity contribution in [2.45, 2.75) is 63.6 Å². The molecule has 44 heavy (non-hydrogen) atoms. The Morgan fingerprint density at radius 1 is 1.16 bits per heavy atom. The Bertz CT molecular complexity index is 1520. The number of rotatable bonds is 9. The van der Waals surface area contributed by atoms with Crippen molar-refractivity contribution in [3.05, 3.63) is 53.8 Å². The minimum Gasteiger partial charge on any atom is -0.487 e. The second-order valence-corrected chi connectivity index (χ2v) is 11.5. The molecule has 2 atom stereocenters. The molecule has 2 unspecified atom stereocenters. The molecule has 4 heterocycles. The van der Waals surface area contributed by atoms with Crippen molar-refractivity contribution in [1.82, 2.24) is 45.3 Å². The van der Waals surface area contributed by atoms with E-state index in [-0.39, 0.29) is 29.9 Å². The Kier molecular flexibility index (Phi) is 8.96. The molecule has 1 saturated heterocycles. The largest absolute Gasteiger partial charge is 0.487 e. The van der Waals surface area contributed by atoms with Crippen molar-refractivity contribution in [2.75, 3.05) is 25.0 Å². The van der Waals surface area contributed by atoms with Gasteiger partial charge in [0.25, 0.3) is 0 Å². The zero-order valence-electron chi connectivity index (χ0n) is 23.9. The summed E-state index contributed by atoms with van der Waals surface area (Å²) in [6.07, 6.45) is 4.39. The second kappa shape index (κ2) is 13.0. The summed E-state index contributed by atoms with van der Waals surface area (Å²) in [7, 11) is 0. The normalized spacial score (nSPS) is 21.6. The Morgan fingerprint density at radius 2 is 1.95 bits per heavy atom. The number of nitrogens with one attached hydrogen (secondary N) is 2. The molecule has 6 rings (SSSR count). The number of hydrogen-bond donors (Lipinski definition) is 2. The molecule has 0 amide bonds. The number of nitrogens with zero attached hydrogens (tertiary/aromatic N) is 8. The first-order chi connectivity index (χ1) is 21.2. The lowest BCUT2D eigenvalue weighted by molar-refractivity contribution is -0.141. The first-order valence-corrected chi connectivity index (χ1v) is 14.9. The molecule has 16 heteroatoms. The predicted octanol–water partition coefficient (Wildman–Crippen LogP) is 4.93. The van der Waals surface area contributed by atoms with Gasteiger partial charge in [-0.2, -0.15) is 18.3 Å². The van der Waals surface area contributed by atoms with Crippen LogP contribution in [0.25, 0.3) is 11.1 Å². The monoisotopic (exact) mass is 632 g/mol. The number of hydrogen-bond acceptors (Lipinski definition) is 10. The van der Waals surface area contributed by atoms with E-state index in [0.717, 1.165) is 44.3 Å². The maximum absolute atomic E-state index is 14.0. The van der Waals surface area contributed by atoms with Crippen LogP contribution < -0.4 is 15.4 Å². The molecule has 1 aliphatic carbocycles. The van der Waals surface area contributed by atoms with Crippen LogP contribution in [0.15, 0.2) is 43.1 Å². The van der Waals surface area contributed by atoms with E-state index in [9.17, 15) is 13.2 Å². The lowest BCUT2D eigenvalue weighted by Gasteiger charge is -2.36. The molecule has 0 bridgehead atoms. The Labute approximate surface area is 256 Å². The van der Waals surface area contributed by atoms with Crippen molar-refractivity contribution in [3.63, 3.8) is 0 Å². The molecule has 2 N–H and O–H groups in total. The van der Waals surface area contributed by atoms with Crippen LogP contribution in [0.1, 0.15) is 44.3 Å². The van der Waals surface area contributed by atoms with Gasteiger partial charge in [0, 0.05) is 37.2 Å². The van der Waals surface area contributed by atoms with E-state index >= 15 is 0 Å². The number of ether oxygens (including phenoxy) is 2. The highest BCUT2D eigenvalue weighted by Crippen LogP contribution is 2.39. The Morgan fingerprint density at radius 3 is 2.64 bits per heavy atom. The van der Waals surface area contributed by atoms with E-state index in [4.69, 9.17) is 21.1 Å². The van der Waals surface area contributed by atoms with E-state index in [0.29, 0.717) is 35.4 Å². The van der Waals surface area contributed by atoms with Crippen LogP contribution >= 0.6 is 11.6 Å². The minimum atomic E-state index is -4.65. The molecule has 4 aromatic rings. The van der Waals surface area contributed by atoms with Gasteiger partial charge >= 0.3 is 6.18 Å². The fraction of sp³-hybridized carbons (Fsp3) is 0.500. The average Bonchev–Trinajstić information content (AvgIpc) is 3.70. The summed E-state index contributed by atoms with van der Waals surface area (Å²) >= 11 is 6.36. The smallest absolute Gasteiger partial charge is 0.437 e. The third-order valence-corrected chi connectivity index (χ3v) is 8.24. The maximum atomic E-state index is 14.0. The van der Waals surface area contributed by atoms with Crippen LogP contribution in [-0.2, 0) is 17.5 Å².